The van der Waals surface area contributed by atoms with Crippen LogP contribution in [-0.2, 0) is 24.4 Å². The fourth-order valence-corrected chi connectivity index (χ4v) is 7.18. The number of hydrogen-bond acceptors (Lipinski definition) is 4. The summed E-state index contributed by atoms with van der Waals surface area (Å²) in [7, 11) is 4.04. The molecule has 43 heavy (non-hydrogen) atoms. The van der Waals surface area contributed by atoms with E-state index < -0.39 is 11.5 Å². The summed E-state index contributed by atoms with van der Waals surface area (Å²) in [5, 5.41) is 13.6. The Bertz CT molecular complexity index is 1910. The second kappa shape index (κ2) is 10.5. The lowest BCUT2D eigenvalue weighted by atomic mass is 9.75. The first-order chi connectivity index (χ1) is 20.8. The highest BCUT2D eigenvalue weighted by Crippen LogP contribution is 2.45. The number of carboxylic acid groups (broad SMARTS) is 1. The molecule has 5 aromatic rings. The van der Waals surface area contributed by atoms with Gasteiger partial charge in [0, 0.05) is 42.8 Å². The maximum atomic E-state index is 13.9. The number of aliphatic carboxylic acids is 1. The maximum Gasteiger partial charge on any atom is 0.328 e. The number of hydrogen-bond donors (Lipinski definition) is 2. The number of imidazole rings is 1. The molecule has 218 valence electrons. The lowest BCUT2D eigenvalue weighted by molar-refractivity contribution is -0.131. The fourth-order valence-electron chi connectivity index (χ4n) is 7.18. The minimum atomic E-state index is -0.988. The number of amides is 1. The number of nitrogens with one attached hydrogen (secondary N) is 1. The molecule has 2 aliphatic rings. The Labute approximate surface area is 250 Å². The van der Waals surface area contributed by atoms with Gasteiger partial charge in [0.2, 0.25) is 0 Å². The lowest BCUT2D eigenvalue weighted by Crippen LogP contribution is -2.52. The minimum absolute atomic E-state index is 0.110. The van der Waals surface area contributed by atoms with Gasteiger partial charge in [-0.25, -0.2) is 9.78 Å². The number of nitrogens with zero attached hydrogens (tertiary/aromatic N) is 4. The van der Waals surface area contributed by atoms with Crippen molar-refractivity contribution in [2.75, 3.05) is 0 Å². The standard InChI is InChI=1S/C35H35N5O3/c1-39-28-21-24(13-14-25(28)31(23-8-3-4-9-23)32(39)27-10-5-6-19-36-27)33(43)38-35(17-7-18-35)34-37-26-15-11-22(12-16-30(41)42)20-29(26)40(34)2/h5-6,10-16,19-21,23H,3-4,7-9,17-18H2,1-2H3,(H,38,43)(H,41,42)/b16-12+. The van der Waals surface area contributed by atoms with Gasteiger partial charge in [-0.15, -0.1) is 0 Å². The summed E-state index contributed by atoms with van der Waals surface area (Å²) in [5.41, 5.74) is 7.08. The molecule has 3 aromatic heterocycles. The molecule has 7 rings (SSSR count). The molecule has 8 heteroatoms. The maximum absolute atomic E-state index is 13.9. The van der Waals surface area contributed by atoms with Crippen molar-refractivity contribution in [1.82, 2.24) is 24.4 Å². The van der Waals surface area contributed by atoms with Gasteiger partial charge in [-0.3, -0.25) is 9.78 Å². The zero-order valence-electron chi connectivity index (χ0n) is 24.5. The lowest BCUT2D eigenvalue weighted by Gasteiger charge is -2.41. The number of rotatable bonds is 7. The van der Waals surface area contributed by atoms with Gasteiger partial charge in [0.05, 0.1) is 28.0 Å². The van der Waals surface area contributed by atoms with Crippen molar-refractivity contribution in [3.8, 4) is 11.4 Å². The Kier molecular flexibility index (Phi) is 6.64. The zero-order valence-corrected chi connectivity index (χ0v) is 24.5. The third-order valence-electron chi connectivity index (χ3n) is 9.48. The van der Waals surface area contributed by atoms with Crippen LogP contribution in [0.3, 0.4) is 0 Å². The second-order valence-electron chi connectivity index (χ2n) is 12.1. The third kappa shape index (κ3) is 4.61. The van der Waals surface area contributed by atoms with E-state index in [4.69, 9.17) is 15.1 Å². The molecule has 0 unspecified atom stereocenters. The van der Waals surface area contributed by atoms with Gasteiger partial charge >= 0.3 is 5.97 Å². The highest BCUT2D eigenvalue weighted by molar-refractivity contribution is 6.01. The monoisotopic (exact) mass is 573 g/mol. The van der Waals surface area contributed by atoms with Gasteiger partial charge in [0.1, 0.15) is 5.82 Å². The van der Waals surface area contributed by atoms with Gasteiger partial charge in [-0.2, -0.15) is 0 Å². The van der Waals surface area contributed by atoms with Crippen molar-refractivity contribution in [2.24, 2.45) is 14.1 Å². The van der Waals surface area contributed by atoms with E-state index >= 15 is 0 Å². The Morgan fingerprint density at radius 3 is 2.49 bits per heavy atom. The van der Waals surface area contributed by atoms with Crippen LogP contribution in [0.4, 0.5) is 0 Å². The van der Waals surface area contributed by atoms with Crippen molar-refractivity contribution in [3.05, 3.63) is 89.4 Å². The summed E-state index contributed by atoms with van der Waals surface area (Å²) in [6.07, 6.45) is 12.0. The van der Waals surface area contributed by atoms with E-state index in [9.17, 15) is 9.59 Å². The number of carboxylic acids is 1. The van der Waals surface area contributed by atoms with Crippen molar-refractivity contribution in [2.45, 2.75) is 56.4 Å². The topological polar surface area (TPSA) is 102 Å². The van der Waals surface area contributed by atoms with Gasteiger partial charge in [-0.1, -0.05) is 31.0 Å². The van der Waals surface area contributed by atoms with Gasteiger partial charge in [0.15, 0.2) is 0 Å². The van der Waals surface area contributed by atoms with E-state index in [0.29, 0.717) is 11.5 Å². The summed E-state index contributed by atoms with van der Waals surface area (Å²) in [6.45, 7) is 0. The summed E-state index contributed by atoms with van der Waals surface area (Å²) in [4.78, 5) is 34.5. The van der Waals surface area contributed by atoms with E-state index in [1.165, 1.54) is 36.6 Å². The normalized spacial score (nSPS) is 16.7. The first-order valence-electron chi connectivity index (χ1n) is 15.1. The van der Waals surface area contributed by atoms with Crippen LogP contribution < -0.4 is 5.32 Å². The van der Waals surface area contributed by atoms with Crippen LogP contribution in [0, 0.1) is 0 Å². The number of carbonyl (C=O) groups is 2. The van der Waals surface area contributed by atoms with Crippen LogP contribution in [-0.4, -0.2) is 36.1 Å². The average molecular weight is 574 g/mol. The summed E-state index contributed by atoms with van der Waals surface area (Å²) < 4.78 is 4.24. The SMILES string of the molecule is Cn1c(C2(NC(=O)c3ccc4c(C5CCCC5)c(-c5ccccn5)n(C)c4c3)CCC2)nc2ccc(/C=C/C(=O)O)cc21. The Morgan fingerprint density at radius 1 is 0.977 bits per heavy atom. The molecule has 0 radical (unpaired) electrons. The van der Waals surface area contributed by atoms with Crippen LogP contribution >= 0.6 is 0 Å². The van der Waals surface area contributed by atoms with Crippen LogP contribution in [0.5, 0.6) is 0 Å². The molecular formula is C35H35N5O3. The molecule has 0 aliphatic heterocycles. The van der Waals surface area contributed by atoms with E-state index in [2.05, 4.69) is 29.1 Å². The highest BCUT2D eigenvalue weighted by atomic mass is 16.4. The van der Waals surface area contributed by atoms with Crippen LogP contribution in [0.25, 0.3) is 39.4 Å². The molecule has 8 nitrogen and oxygen atoms in total. The number of aromatic nitrogens is 4. The molecule has 2 aliphatic carbocycles. The van der Waals surface area contributed by atoms with Crippen LogP contribution in [0.2, 0.25) is 0 Å². The minimum Gasteiger partial charge on any atom is -0.478 e. The number of benzene rings is 2. The van der Waals surface area contributed by atoms with Crippen LogP contribution in [0.1, 0.15) is 78.2 Å². The largest absolute Gasteiger partial charge is 0.478 e. The predicted molar refractivity (Wildman–Crippen MR) is 168 cm³/mol. The Morgan fingerprint density at radius 2 is 1.79 bits per heavy atom. The van der Waals surface area contributed by atoms with Crippen molar-refractivity contribution >= 4 is 39.9 Å². The first-order valence-corrected chi connectivity index (χ1v) is 15.1. The first kappa shape index (κ1) is 27.1. The quantitative estimate of drug-likeness (QED) is 0.211. The molecule has 1 amide bonds. The number of fused-ring (bicyclic) bond motifs is 2. The molecule has 2 N–H and O–H groups in total. The molecule has 0 atom stereocenters. The molecule has 2 fully saturated rings. The summed E-state index contributed by atoms with van der Waals surface area (Å²) in [6, 6.07) is 17.9. The molecule has 3 heterocycles. The average Bonchev–Trinajstić information content (AvgIpc) is 3.71. The number of pyridine rings is 1. The van der Waals surface area contributed by atoms with Crippen LogP contribution in [0.15, 0.2) is 66.9 Å². The summed E-state index contributed by atoms with van der Waals surface area (Å²) >= 11 is 0. The highest BCUT2D eigenvalue weighted by Gasteiger charge is 2.44. The molecule has 0 saturated heterocycles. The molecule has 2 aromatic carbocycles. The van der Waals surface area contributed by atoms with Crippen molar-refractivity contribution in [1.29, 1.82) is 0 Å². The number of aryl methyl sites for hydroxylation is 2. The predicted octanol–water partition coefficient (Wildman–Crippen LogP) is 6.69. The Hall–Kier alpha value is -4.72. The molecule has 0 spiro atoms. The second-order valence-corrected chi connectivity index (χ2v) is 12.1. The van der Waals surface area contributed by atoms with Gasteiger partial charge < -0.3 is 19.6 Å². The fraction of sp³-hybridized carbons (Fsp3) is 0.314. The van der Waals surface area contributed by atoms with E-state index in [-0.39, 0.29) is 5.91 Å². The molecule has 0 bridgehead atoms. The third-order valence-corrected chi connectivity index (χ3v) is 9.48. The smallest absolute Gasteiger partial charge is 0.328 e. The van der Waals surface area contributed by atoms with Crippen molar-refractivity contribution in [3.63, 3.8) is 0 Å². The summed E-state index contributed by atoms with van der Waals surface area (Å²) in [5.74, 6) is 0.221. The van der Waals surface area contributed by atoms with E-state index in [1.54, 1.807) is 6.08 Å². The van der Waals surface area contributed by atoms with E-state index in [1.807, 2.05) is 60.3 Å². The molecule has 2 saturated carbocycles. The number of carbonyl (C=O) groups excluding carboxylic acids is 1. The zero-order chi connectivity index (χ0) is 29.7. The van der Waals surface area contributed by atoms with Gasteiger partial charge in [0.25, 0.3) is 5.91 Å². The molecular weight excluding hydrogens is 538 g/mol. The van der Waals surface area contributed by atoms with Crippen molar-refractivity contribution < 1.29 is 14.7 Å². The Balaban J connectivity index is 1.24. The van der Waals surface area contributed by atoms with E-state index in [0.717, 1.165) is 64.7 Å². The van der Waals surface area contributed by atoms with Gasteiger partial charge in [-0.05, 0) is 91.6 Å².